The molecule has 0 amide bonds. The van der Waals surface area contributed by atoms with Crippen LogP contribution in [-0.2, 0) is 6.42 Å². The highest BCUT2D eigenvalue weighted by atomic mass is 35.5. The van der Waals surface area contributed by atoms with Crippen LogP contribution in [0.15, 0.2) is 18.2 Å². The van der Waals surface area contributed by atoms with Gasteiger partial charge in [0.2, 0.25) is 0 Å². The number of nitrogens with one attached hydrogen (secondary N) is 1. The van der Waals surface area contributed by atoms with Crippen LogP contribution < -0.4 is 11.3 Å². The Balaban J connectivity index is 2.88. The van der Waals surface area contributed by atoms with Gasteiger partial charge in [-0.25, -0.2) is 0 Å². The minimum atomic E-state index is 0.123. The van der Waals surface area contributed by atoms with E-state index in [1.165, 1.54) is 0 Å². The summed E-state index contributed by atoms with van der Waals surface area (Å²) in [5.41, 5.74) is 4.08. The van der Waals surface area contributed by atoms with Gasteiger partial charge in [-0.15, -0.1) is 0 Å². The van der Waals surface area contributed by atoms with Crippen molar-refractivity contribution in [2.24, 2.45) is 11.3 Å². The summed E-state index contributed by atoms with van der Waals surface area (Å²) >= 11 is 12.1. The predicted octanol–water partition coefficient (Wildman–Crippen LogP) is 3.80. The summed E-state index contributed by atoms with van der Waals surface area (Å²) in [6.45, 7) is 6.55. The van der Waals surface area contributed by atoms with Gasteiger partial charge in [0.05, 0.1) is 0 Å². The third kappa shape index (κ3) is 3.85. The quantitative estimate of drug-likeness (QED) is 0.633. The Kier molecular flexibility index (Phi) is 5.26. The molecule has 0 aliphatic carbocycles. The van der Waals surface area contributed by atoms with Crippen LogP contribution in [-0.4, -0.2) is 6.04 Å². The van der Waals surface area contributed by atoms with E-state index in [-0.39, 0.29) is 11.5 Å². The molecule has 0 bridgehead atoms. The first-order chi connectivity index (χ1) is 7.90. The molecule has 0 spiro atoms. The highest BCUT2D eigenvalue weighted by Crippen LogP contribution is 2.29. The van der Waals surface area contributed by atoms with Gasteiger partial charge < -0.3 is 0 Å². The van der Waals surface area contributed by atoms with E-state index in [9.17, 15) is 0 Å². The van der Waals surface area contributed by atoms with Crippen LogP contribution in [0.5, 0.6) is 0 Å². The first-order valence-corrected chi connectivity index (χ1v) is 6.56. The molecule has 2 nitrogen and oxygen atoms in total. The lowest BCUT2D eigenvalue weighted by Gasteiger charge is -2.33. The van der Waals surface area contributed by atoms with E-state index in [1.54, 1.807) is 6.07 Å². The van der Waals surface area contributed by atoms with Gasteiger partial charge in [0.15, 0.2) is 0 Å². The summed E-state index contributed by atoms with van der Waals surface area (Å²) in [7, 11) is 0. The fourth-order valence-electron chi connectivity index (χ4n) is 1.71. The molecule has 0 aromatic heterocycles. The number of nitrogens with two attached hydrogens (primary N) is 1. The first kappa shape index (κ1) is 14.8. The smallest absolute Gasteiger partial charge is 0.0453 e. The van der Waals surface area contributed by atoms with Gasteiger partial charge in [0.1, 0.15) is 0 Å². The monoisotopic (exact) mass is 274 g/mol. The zero-order chi connectivity index (χ0) is 13.1. The Morgan fingerprint density at radius 1 is 1.35 bits per heavy atom. The first-order valence-electron chi connectivity index (χ1n) is 5.80. The number of hydrazine groups is 1. The molecule has 0 saturated heterocycles. The molecule has 0 fully saturated rings. The third-order valence-electron chi connectivity index (χ3n) is 3.49. The number of halogens is 2. The number of rotatable bonds is 5. The van der Waals surface area contributed by atoms with Crippen molar-refractivity contribution in [3.63, 3.8) is 0 Å². The average Bonchev–Trinajstić information content (AvgIpc) is 2.27. The van der Waals surface area contributed by atoms with Crippen LogP contribution in [0.2, 0.25) is 10.0 Å². The molecule has 0 saturated carbocycles. The Labute approximate surface area is 113 Å². The van der Waals surface area contributed by atoms with Gasteiger partial charge in [-0.3, -0.25) is 11.3 Å². The van der Waals surface area contributed by atoms with E-state index < -0.39 is 0 Å². The van der Waals surface area contributed by atoms with Crippen LogP contribution in [0.25, 0.3) is 0 Å². The lowest BCUT2D eigenvalue weighted by molar-refractivity contribution is 0.231. The molecule has 1 aromatic carbocycles. The molecule has 3 N–H and O–H groups in total. The summed E-state index contributed by atoms with van der Waals surface area (Å²) < 4.78 is 0. The van der Waals surface area contributed by atoms with Gasteiger partial charge in [0.25, 0.3) is 0 Å². The Morgan fingerprint density at radius 3 is 2.47 bits per heavy atom. The number of hydrogen-bond acceptors (Lipinski definition) is 2. The third-order valence-corrected chi connectivity index (χ3v) is 4.08. The lowest BCUT2D eigenvalue weighted by Crippen LogP contribution is -2.46. The molecule has 96 valence electrons. The fraction of sp³-hybridized carbons (Fsp3) is 0.538. The van der Waals surface area contributed by atoms with E-state index in [0.717, 1.165) is 18.4 Å². The molecule has 4 heteroatoms. The minimum Gasteiger partial charge on any atom is -0.271 e. The summed E-state index contributed by atoms with van der Waals surface area (Å²) in [5, 5.41) is 1.36. The van der Waals surface area contributed by atoms with Crippen molar-refractivity contribution in [1.82, 2.24) is 5.43 Å². The molecule has 0 heterocycles. The van der Waals surface area contributed by atoms with Crippen molar-refractivity contribution >= 4 is 23.2 Å². The molecular formula is C13H20Cl2N2. The van der Waals surface area contributed by atoms with E-state index in [0.29, 0.717) is 10.0 Å². The number of hydrogen-bond donors (Lipinski definition) is 2. The second-order valence-electron chi connectivity index (χ2n) is 5.00. The fourth-order valence-corrected chi connectivity index (χ4v) is 2.20. The van der Waals surface area contributed by atoms with E-state index in [1.807, 2.05) is 12.1 Å². The molecule has 17 heavy (non-hydrogen) atoms. The van der Waals surface area contributed by atoms with E-state index >= 15 is 0 Å². The zero-order valence-electron chi connectivity index (χ0n) is 10.6. The van der Waals surface area contributed by atoms with Gasteiger partial charge in [-0.05, 0) is 36.0 Å². The maximum Gasteiger partial charge on any atom is 0.0453 e. The molecule has 1 unspecified atom stereocenters. The maximum absolute atomic E-state index is 6.17. The zero-order valence-corrected chi connectivity index (χ0v) is 12.1. The second kappa shape index (κ2) is 6.05. The SMILES string of the molecule is CCC(C)(C)C(Cc1ccc(Cl)cc1Cl)NN. The topological polar surface area (TPSA) is 38.0 Å². The van der Waals surface area contributed by atoms with Crippen LogP contribution in [0, 0.1) is 5.41 Å². The van der Waals surface area contributed by atoms with Crippen LogP contribution in [0.3, 0.4) is 0 Å². The Morgan fingerprint density at radius 2 is 2.00 bits per heavy atom. The van der Waals surface area contributed by atoms with Crippen molar-refractivity contribution < 1.29 is 0 Å². The Hall–Kier alpha value is -0.280. The highest BCUT2D eigenvalue weighted by molar-refractivity contribution is 6.35. The van der Waals surface area contributed by atoms with Crippen molar-refractivity contribution in [3.8, 4) is 0 Å². The van der Waals surface area contributed by atoms with Crippen molar-refractivity contribution in [3.05, 3.63) is 33.8 Å². The standard InChI is InChI=1S/C13H20Cl2N2/c1-4-13(2,3)12(17-16)7-9-5-6-10(14)8-11(9)15/h5-6,8,12,17H,4,7,16H2,1-3H3. The summed E-state index contributed by atoms with van der Waals surface area (Å²) in [5.74, 6) is 5.64. The van der Waals surface area contributed by atoms with Gasteiger partial charge in [0, 0.05) is 16.1 Å². The maximum atomic E-state index is 6.17. The van der Waals surface area contributed by atoms with Crippen molar-refractivity contribution in [2.45, 2.75) is 39.7 Å². The molecular weight excluding hydrogens is 255 g/mol. The normalized spacial score (nSPS) is 13.8. The number of benzene rings is 1. The molecule has 0 aliphatic rings. The largest absolute Gasteiger partial charge is 0.271 e. The predicted molar refractivity (Wildman–Crippen MR) is 75.3 cm³/mol. The highest BCUT2D eigenvalue weighted by Gasteiger charge is 2.27. The van der Waals surface area contributed by atoms with Gasteiger partial charge >= 0.3 is 0 Å². The van der Waals surface area contributed by atoms with Gasteiger partial charge in [-0.1, -0.05) is 50.0 Å². The van der Waals surface area contributed by atoms with Crippen LogP contribution in [0.4, 0.5) is 0 Å². The summed E-state index contributed by atoms with van der Waals surface area (Å²) in [6, 6.07) is 5.77. The molecule has 0 radical (unpaired) electrons. The van der Waals surface area contributed by atoms with Crippen molar-refractivity contribution in [2.75, 3.05) is 0 Å². The van der Waals surface area contributed by atoms with E-state index in [2.05, 4.69) is 26.2 Å². The van der Waals surface area contributed by atoms with Gasteiger partial charge in [-0.2, -0.15) is 0 Å². The molecule has 1 aromatic rings. The molecule has 1 atom stereocenters. The average molecular weight is 275 g/mol. The van der Waals surface area contributed by atoms with Crippen LogP contribution in [0.1, 0.15) is 32.8 Å². The molecule has 1 rings (SSSR count). The summed E-state index contributed by atoms with van der Waals surface area (Å²) in [4.78, 5) is 0. The molecule has 0 aliphatic heterocycles. The Bertz CT molecular complexity index is 378. The summed E-state index contributed by atoms with van der Waals surface area (Å²) in [6.07, 6.45) is 1.85. The van der Waals surface area contributed by atoms with Crippen LogP contribution >= 0.6 is 23.2 Å². The lowest BCUT2D eigenvalue weighted by atomic mass is 9.79. The van der Waals surface area contributed by atoms with Crippen molar-refractivity contribution in [1.29, 1.82) is 0 Å². The minimum absolute atomic E-state index is 0.123. The van der Waals surface area contributed by atoms with E-state index in [4.69, 9.17) is 29.0 Å². The second-order valence-corrected chi connectivity index (χ2v) is 5.84.